The van der Waals surface area contributed by atoms with Gasteiger partial charge in [0.15, 0.2) is 0 Å². The van der Waals surface area contributed by atoms with Crippen LogP contribution in [-0.4, -0.2) is 38.3 Å². The molecule has 8 heteroatoms. The van der Waals surface area contributed by atoms with Gasteiger partial charge < -0.3 is 5.32 Å². The maximum absolute atomic E-state index is 12.9. The van der Waals surface area contributed by atoms with Gasteiger partial charge in [0, 0.05) is 25.6 Å². The van der Waals surface area contributed by atoms with Crippen molar-refractivity contribution >= 4 is 27.3 Å². The van der Waals surface area contributed by atoms with E-state index in [9.17, 15) is 17.6 Å². The van der Waals surface area contributed by atoms with Crippen LogP contribution in [0.3, 0.4) is 0 Å². The number of piperidine rings is 1. The molecule has 0 radical (unpaired) electrons. The number of amides is 1. The van der Waals surface area contributed by atoms with Crippen LogP contribution in [0, 0.1) is 11.7 Å². The summed E-state index contributed by atoms with van der Waals surface area (Å²) >= 11 is 1.21. The highest BCUT2D eigenvalue weighted by Crippen LogP contribution is 2.26. The lowest BCUT2D eigenvalue weighted by Crippen LogP contribution is -2.43. The fourth-order valence-electron chi connectivity index (χ4n) is 3.02. The number of benzene rings is 1. The third kappa shape index (κ3) is 4.49. The normalized spacial score (nSPS) is 16.5. The van der Waals surface area contributed by atoms with Gasteiger partial charge in [-0.3, -0.25) is 4.79 Å². The van der Waals surface area contributed by atoms with E-state index in [0.29, 0.717) is 43.1 Å². The second kappa shape index (κ2) is 8.28. The molecular formula is C18H21FN2O3S2. The summed E-state index contributed by atoms with van der Waals surface area (Å²) in [5.74, 6) is -0.486. The van der Waals surface area contributed by atoms with Crippen LogP contribution in [0.4, 0.5) is 4.39 Å². The molecule has 140 valence electrons. The lowest BCUT2D eigenvalue weighted by atomic mass is 9.97. The molecule has 1 aliphatic heterocycles. The molecule has 0 atom stereocenters. The Labute approximate surface area is 156 Å². The highest BCUT2D eigenvalue weighted by atomic mass is 32.2. The summed E-state index contributed by atoms with van der Waals surface area (Å²) in [5, 5.41) is 4.64. The SMILES string of the molecule is O=C(NCCc1ccc(F)cc1)C1CCN(S(=O)(=O)c2cccs2)CC1. The number of hydrogen-bond donors (Lipinski definition) is 1. The first-order valence-corrected chi connectivity index (χ1v) is 10.8. The summed E-state index contributed by atoms with van der Waals surface area (Å²) in [4.78, 5) is 12.3. The van der Waals surface area contributed by atoms with Crippen LogP contribution in [0.15, 0.2) is 46.0 Å². The Bertz CT molecular complexity index is 828. The minimum Gasteiger partial charge on any atom is -0.356 e. The van der Waals surface area contributed by atoms with Gasteiger partial charge >= 0.3 is 0 Å². The lowest BCUT2D eigenvalue weighted by molar-refractivity contribution is -0.126. The molecule has 0 aliphatic carbocycles. The van der Waals surface area contributed by atoms with Crippen molar-refractivity contribution < 1.29 is 17.6 Å². The summed E-state index contributed by atoms with van der Waals surface area (Å²) in [6.45, 7) is 1.20. The van der Waals surface area contributed by atoms with Gasteiger partial charge in [-0.1, -0.05) is 18.2 Å². The van der Waals surface area contributed by atoms with Crippen molar-refractivity contribution in [2.45, 2.75) is 23.5 Å². The zero-order valence-corrected chi connectivity index (χ0v) is 15.9. The van der Waals surface area contributed by atoms with E-state index in [4.69, 9.17) is 0 Å². The Kier molecular flexibility index (Phi) is 6.05. The van der Waals surface area contributed by atoms with Gasteiger partial charge in [-0.25, -0.2) is 12.8 Å². The van der Waals surface area contributed by atoms with E-state index in [2.05, 4.69) is 5.32 Å². The highest BCUT2D eigenvalue weighted by molar-refractivity contribution is 7.91. The highest BCUT2D eigenvalue weighted by Gasteiger charge is 2.32. The van der Waals surface area contributed by atoms with Crippen LogP contribution in [0.2, 0.25) is 0 Å². The molecule has 5 nitrogen and oxygen atoms in total. The molecule has 0 unspecified atom stereocenters. The van der Waals surface area contributed by atoms with Crippen molar-refractivity contribution in [2.24, 2.45) is 5.92 Å². The molecule has 0 saturated carbocycles. The molecule has 0 bridgehead atoms. The third-order valence-electron chi connectivity index (χ3n) is 4.54. The van der Waals surface area contributed by atoms with Crippen molar-refractivity contribution in [2.75, 3.05) is 19.6 Å². The fraction of sp³-hybridized carbons (Fsp3) is 0.389. The Morgan fingerprint density at radius 1 is 1.19 bits per heavy atom. The topological polar surface area (TPSA) is 66.5 Å². The Balaban J connectivity index is 1.45. The lowest BCUT2D eigenvalue weighted by Gasteiger charge is -2.30. The molecule has 1 aromatic carbocycles. The number of hydrogen-bond acceptors (Lipinski definition) is 4. The number of sulfonamides is 1. The average molecular weight is 397 g/mol. The monoisotopic (exact) mass is 396 g/mol. The third-order valence-corrected chi connectivity index (χ3v) is 7.81. The van der Waals surface area contributed by atoms with Crippen LogP contribution in [-0.2, 0) is 21.2 Å². The number of carbonyl (C=O) groups is 1. The van der Waals surface area contributed by atoms with Crippen LogP contribution in [0.1, 0.15) is 18.4 Å². The Morgan fingerprint density at radius 3 is 2.50 bits per heavy atom. The summed E-state index contributed by atoms with van der Waals surface area (Å²) < 4.78 is 39.6. The zero-order chi connectivity index (χ0) is 18.6. The quantitative estimate of drug-likeness (QED) is 0.816. The summed E-state index contributed by atoms with van der Waals surface area (Å²) in [7, 11) is -3.43. The first kappa shape index (κ1) is 19.0. The van der Waals surface area contributed by atoms with Crippen molar-refractivity contribution in [3.05, 3.63) is 53.2 Å². The number of halogens is 1. The van der Waals surface area contributed by atoms with E-state index in [1.165, 1.54) is 27.8 Å². The number of thiophene rings is 1. The van der Waals surface area contributed by atoms with Crippen molar-refractivity contribution in [1.29, 1.82) is 0 Å². The van der Waals surface area contributed by atoms with Gasteiger partial charge in [0.05, 0.1) is 0 Å². The average Bonchev–Trinajstić information content (AvgIpc) is 3.19. The molecule has 1 fully saturated rings. The van der Waals surface area contributed by atoms with Gasteiger partial charge in [0.2, 0.25) is 5.91 Å². The molecule has 1 saturated heterocycles. The molecular weight excluding hydrogens is 375 g/mol. The van der Waals surface area contributed by atoms with Crippen LogP contribution in [0.5, 0.6) is 0 Å². The van der Waals surface area contributed by atoms with Crippen molar-refractivity contribution in [1.82, 2.24) is 9.62 Å². The predicted octanol–water partition coefficient (Wildman–Crippen LogP) is 2.65. The number of nitrogens with one attached hydrogen (secondary N) is 1. The molecule has 2 heterocycles. The second-order valence-corrected chi connectivity index (χ2v) is 9.39. The first-order valence-electron chi connectivity index (χ1n) is 8.52. The van der Waals surface area contributed by atoms with E-state index < -0.39 is 10.0 Å². The summed E-state index contributed by atoms with van der Waals surface area (Å²) in [5.41, 5.74) is 0.962. The second-order valence-electron chi connectivity index (χ2n) is 6.28. The van der Waals surface area contributed by atoms with Crippen LogP contribution >= 0.6 is 11.3 Å². The van der Waals surface area contributed by atoms with Crippen LogP contribution in [0.25, 0.3) is 0 Å². The summed E-state index contributed by atoms with van der Waals surface area (Å²) in [6, 6.07) is 9.54. The molecule has 1 N–H and O–H groups in total. The van der Waals surface area contributed by atoms with E-state index >= 15 is 0 Å². The van der Waals surface area contributed by atoms with Gasteiger partial charge in [-0.15, -0.1) is 11.3 Å². The van der Waals surface area contributed by atoms with E-state index in [1.54, 1.807) is 29.6 Å². The number of nitrogens with zero attached hydrogens (tertiary/aromatic N) is 1. The first-order chi connectivity index (χ1) is 12.5. The summed E-state index contributed by atoms with van der Waals surface area (Å²) in [6.07, 6.45) is 1.68. The Hall–Kier alpha value is -1.77. The Morgan fingerprint density at radius 2 is 1.88 bits per heavy atom. The molecule has 1 amide bonds. The minimum absolute atomic E-state index is 0.0414. The zero-order valence-electron chi connectivity index (χ0n) is 14.2. The number of carbonyl (C=O) groups excluding carboxylic acids is 1. The maximum Gasteiger partial charge on any atom is 0.252 e. The van der Waals surface area contributed by atoms with Crippen molar-refractivity contribution in [3.8, 4) is 0 Å². The largest absolute Gasteiger partial charge is 0.356 e. The van der Waals surface area contributed by atoms with Crippen molar-refractivity contribution in [3.63, 3.8) is 0 Å². The van der Waals surface area contributed by atoms with E-state index in [1.807, 2.05) is 0 Å². The molecule has 3 rings (SSSR count). The van der Waals surface area contributed by atoms with Gasteiger partial charge in [0.1, 0.15) is 10.0 Å². The van der Waals surface area contributed by atoms with Gasteiger partial charge in [-0.2, -0.15) is 4.31 Å². The number of rotatable bonds is 6. The standard InChI is InChI=1S/C18H21FN2O3S2/c19-16-5-3-14(4-6-16)7-10-20-18(22)15-8-11-21(12-9-15)26(23,24)17-2-1-13-25-17/h1-6,13,15H,7-12H2,(H,20,22). The molecule has 26 heavy (non-hydrogen) atoms. The predicted molar refractivity (Wildman–Crippen MR) is 98.9 cm³/mol. The fourth-order valence-corrected chi connectivity index (χ4v) is 5.64. The molecule has 1 aliphatic rings. The smallest absolute Gasteiger partial charge is 0.252 e. The molecule has 1 aromatic heterocycles. The van der Waals surface area contributed by atoms with E-state index in [0.717, 1.165) is 5.56 Å². The van der Waals surface area contributed by atoms with Gasteiger partial charge in [-0.05, 0) is 48.4 Å². The molecule has 0 spiro atoms. The van der Waals surface area contributed by atoms with Crippen LogP contribution < -0.4 is 5.32 Å². The van der Waals surface area contributed by atoms with E-state index in [-0.39, 0.29) is 17.6 Å². The minimum atomic E-state index is -3.43. The molecule has 2 aromatic rings. The maximum atomic E-state index is 12.9. The van der Waals surface area contributed by atoms with Gasteiger partial charge in [0.25, 0.3) is 10.0 Å².